The SMILES string of the molecule is Fc1c(F)c(C(F)(F)F)c(F)c(F)c1N/N=C\c1cn[nH]c1-c1ccccc1. The average Bonchev–Trinajstić information content (AvgIpc) is 3.11. The van der Waals surface area contributed by atoms with Crippen molar-refractivity contribution < 1.29 is 30.7 Å². The summed E-state index contributed by atoms with van der Waals surface area (Å²) in [7, 11) is 0. The first-order valence-corrected chi connectivity index (χ1v) is 7.52. The third-order valence-corrected chi connectivity index (χ3v) is 3.66. The molecule has 0 aliphatic rings. The molecular weight excluding hydrogens is 393 g/mol. The molecule has 0 spiro atoms. The van der Waals surface area contributed by atoms with E-state index in [0.717, 1.165) is 6.21 Å². The number of nitrogens with zero attached hydrogens (tertiary/aromatic N) is 2. The van der Waals surface area contributed by atoms with Crippen molar-refractivity contribution in [2.24, 2.45) is 5.10 Å². The molecule has 3 rings (SSSR count). The second kappa shape index (κ2) is 7.33. The number of hydrogen-bond acceptors (Lipinski definition) is 3. The van der Waals surface area contributed by atoms with Crippen molar-refractivity contribution in [2.75, 3.05) is 5.43 Å². The Labute approximate surface area is 152 Å². The summed E-state index contributed by atoms with van der Waals surface area (Å²) < 4.78 is 92.5. The van der Waals surface area contributed by atoms with Gasteiger partial charge in [-0.25, -0.2) is 17.6 Å². The topological polar surface area (TPSA) is 53.1 Å². The molecule has 1 aromatic heterocycles. The standard InChI is InChI=1S/C17H9F7N4/c18-11-10(17(22,23)24)12(19)14(21)16(13(11)20)28-26-7-9-6-25-27-15(9)8-4-2-1-3-5-8/h1-7,28H,(H,25,27)/b26-7-. The fourth-order valence-electron chi connectivity index (χ4n) is 2.37. The van der Waals surface area contributed by atoms with Crippen LogP contribution in [0.3, 0.4) is 0 Å². The van der Waals surface area contributed by atoms with Gasteiger partial charge < -0.3 is 0 Å². The molecule has 4 nitrogen and oxygen atoms in total. The number of anilines is 1. The number of nitrogens with one attached hydrogen (secondary N) is 2. The molecule has 2 N–H and O–H groups in total. The summed E-state index contributed by atoms with van der Waals surface area (Å²) in [6.07, 6.45) is -3.27. The van der Waals surface area contributed by atoms with Gasteiger partial charge in [-0.15, -0.1) is 0 Å². The van der Waals surface area contributed by atoms with Gasteiger partial charge >= 0.3 is 6.18 Å². The van der Waals surface area contributed by atoms with Gasteiger partial charge in [-0.05, 0) is 0 Å². The maximum Gasteiger partial charge on any atom is 0.422 e. The highest BCUT2D eigenvalue weighted by Crippen LogP contribution is 2.38. The molecule has 3 aromatic rings. The number of rotatable bonds is 4. The van der Waals surface area contributed by atoms with Crippen LogP contribution in [-0.4, -0.2) is 16.4 Å². The van der Waals surface area contributed by atoms with Crippen LogP contribution in [0.5, 0.6) is 0 Å². The van der Waals surface area contributed by atoms with Gasteiger partial charge in [-0.1, -0.05) is 30.3 Å². The second-order valence-corrected chi connectivity index (χ2v) is 5.44. The number of halogens is 7. The Kier molecular flexibility index (Phi) is 5.08. The molecule has 0 amide bonds. The van der Waals surface area contributed by atoms with Crippen LogP contribution in [0, 0.1) is 23.3 Å². The third kappa shape index (κ3) is 3.55. The van der Waals surface area contributed by atoms with Crippen LogP contribution in [0.15, 0.2) is 41.6 Å². The van der Waals surface area contributed by atoms with Gasteiger partial charge in [0, 0.05) is 11.1 Å². The summed E-state index contributed by atoms with van der Waals surface area (Å²) in [4.78, 5) is 0. The second-order valence-electron chi connectivity index (χ2n) is 5.44. The molecule has 0 aliphatic carbocycles. The molecular formula is C17H9F7N4. The average molecular weight is 402 g/mol. The van der Waals surface area contributed by atoms with E-state index in [1.807, 2.05) is 0 Å². The molecule has 11 heteroatoms. The third-order valence-electron chi connectivity index (χ3n) is 3.66. The summed E-state index contributed by atoms with van der Waals surface area (Å²) in [5.74, 6) is -9.65. The van der Waals surface area contributed by atoms with Crippen molar-refractivity contribution in [3.05, 3.63) is 70.9 Å². The van der Waals surface area contributed by atoms with E-state index in [4.69, 9.17) is 0 Å². The maximum atomic E-state index is 13.8. The van der Waals surface area contributed by atoms with Crippen molar-refractivity contribution in [3.63, 3.8) is 0 Å². The van der Waals surface area contributed by atoms with E-state index >= 15 is 0 Å². The Morgan fingerprint density at radius 1 is 0.929 bits per heavy atom. The van der Waals surface area contributed by atoms with Gasteiger partial charge in [0.05, 0.1) is 18.1 Å². The quantitative estimate of drug-likeness (QED) is 0.276. The molecule has 0 fully saturated rings. The largest absolute Gasteiger partial charge is 0.422 e. The van der Waals surface area contributed by atoms with E-state index in [9.17, 15) is 30.7 Å². The molecule has 0 atom stereocenters. The first-order chi connectivity index (χ1) is 13.2. The number of aromatic amines is 1. The highest BCUT2D eigenvalue weighted by Gasteiger charge is 2.42. The molecule has 1 heterocycles. The number of alkyl halides is 3. The minimum Gasteiger partial charge on any atom is -0.277 e. The minimum absolute atomic E-state index is 0.340. The summed E-state index contributed by atoms with van der Waals surface area (Å²) in [6.45, 7) is 0. The van der Waals surface area contributed by atoms with Crippen LogP contribution in [0.25, 0.3) is 11.3 Å². The lowest BCUT2D eigenvalue weighted by Gasteiger charge is -2.13. The Morgan fingerprint density at radius 3 is 2.11 bits per heavy atom. The van der Waals surface area contributed by atoms with Crippen LogP contribution >= 0.6 is 0 Å². The maximum absolute atomic E-state index is 13.8. The Morgan fingerprint density at radius 2 is 1.54 bits per heavy atom. The van der Waals surface area contributed by atoms with E-state index in [1.54, 1.807) is 35.8 Å². The van der Waals surface area contributed by atoms with Crippen molar-refractivity contribution in [2.45, 2.75) is 6.18 Å². The molecule has 146 valence electrons. The molecule has 2 aromatic carbocycles. The summed E-state index contributed by atoms with van der Waals surface area (Å²) >= 11 is 0. The smallest absolute Gasteiger partial charge is 0.277 e. The van der Waals surface area contributed by atoms with Crippen LogP contribution in [-0.2, 0) is 6.18 Å². The van der Waals surface area contributed by atoms with Crippen molar-refractivity contribution in [1.82, 2.24) is 10.2 Å². The molecule has 0 saturated carbocycles. The zero-order valence-electron chi connectivity index (χ0n) is 13.6. The number of benzene rings is 2. The van der Waals surface area contributed by atoms with E-state index in [2.05, 4.69) is 15.3 Å². The van der Waals surface area contributed by atoms with Crippen molar-refractivity contribution in [3.8, 4) is 11.3 Å². The molecule has 0 unspecified atom stereocenters. The van der Waals surface area contributed by atoms with Gasteiger partial charge in [0.1, 0.15) is 11.3 Å². The number of hydrogen-bond donors (Lipinski definition) is 2. The van der Waals surface area contributed by atoms with Crippen LogP contribution < -0.4 is 5.43 Å². The normalized spacial score (nSPS) is 12.0. The molecule has 0 radical (unpaired) electrons. The monoisotopic (exact) mass is 402 g/mol. The molecule has 0 aliphatic heterocycles. The van der Waals surface area contributed by atoms with Gasteiger partial charge in [0.2, 0.25) is 0 Å². The number of hydrazone groups is 1. The van der Waals surface area contributed by atoms with Gasteiger partial charge in [0.25, 0.3) is 0 Å². The van der Waals surface area contributed by atoms with Crippen molar-refractivity contribution in [1.29, 1.82) is 0 Å². The van der Waals surface area contributed by atoms with E-state index in [1.165, 1.54) is 6.20 Å². The lowest BCUT2D eigenvalue weighted by atomic mass is 10.1. The Bertz CT molecular complexity index is 997. The Hall–Kier alpha value is -3.37. The molecule has 28 heavy (non-hydrogen) atoms. The van der Waals surface area contributed by atoms with Crippen LogP contribution in [0.2, 0.25) is 0 Å². The van der Waals surface area contributed by atoms with Gasteiger partial charge in [-0.2, -0.15) is 23.4 Å². The minimum atomic E-state index is -5.61. The highest BCUT2D eigenvalue weighted by atomic mass is 19.4. The zero-order valence-corrected chi connectivity index (χ0v) is 13.6. The van der Waals surface area contributed by atoms with Crippen LogP contribution in [0.4, 0.5) is 36.4 Å². The first-order valence-electron chi connectivity index (χ1n) is 7.52. The zero-order chi connectivity index (χ0) is 20.5. The lowest BCUT2D eigenvalue weighted by Crippen LogP contribution is -2.16. The summed E-state index contributed by atoms with van der Waals surface area (Å²) in [6, 6.07) is 8.73. The molecule has 0 saturated heterocycles. The first kappa shape index (κ1) is 19.4. The van der Waals surface area contributed by atoms with E-state index in [0.29, 0.717) is 16.8 Å². The fourth-order valence-corrected chi connectivity index (χ4v) is 2.37. The fraction of sp³-hybridized carbons (Fsp3) is 0.0588. The predicted octanol–water partition coefficient (Wildman–Crippen LogP) is 5.10. The molecule has 0 bridgehead atoms. The van der Waals surface area contributed by atoms with E-state index < -0.39 is 40.7 Å². The summed E-state index contributed by atoms with van der Waals surface area (Å²) in [5.41, 5.74) is -0.939. The number of H-pyrrole nitrogens is 1. The lowest BCUT2D eigenvalue weighted by molar-refractivity contribution is -0.143. The number of aromatic nitrogens is 2. The van der Waals surface area contributed by atoms with Gasteiger partial charge in [-0.3, -0.25) is 10.5 Å². The van der Waals surface area contributed by atoms with E-state index in [-0.39, 0.29) is 0 Å². The van der Waals surface area contributed by atoms with Crippen LogP contribution in [0.1, 0.15) is 11.1 Å². The summed E-state index contributed by atoms with van der Waals surface area (Å²) in [5, 5.41) is 9.90. The van der Waals surface area contributed by atoms with Gasteiger partial charge in [0.15, 0.2) is 23.3 Å². The highest BCUT2D eigenvalue weighted by molar-refractivity contribution is 5.88. The predicted molar refractivity (Wildman–Crippen MR) is 86.5 cm³/mol. The Balaban J connectivity index is 1.92. The van der Waals surface area contributed by atoms with Crippen molar-refractivity contribution >= 4 is 11.9 Å².